The topological polar surface area (TPSA) is 35.2 Å². The maximum absolute atomic E-state index is 2.26. The van der Waals surface area contributed by atoms with Gasteiger partial charge in [0.25, 0.3) is 0 Å². The Hall–Kier alpha value is -7.84. The predicted octanol–water partition coefficient (Wildman–Crippen LogP) is 8.08. The van der Waals surface area contributed by atoms with Crippen molar-refractivity contribution < 1.29 is 18.3 Å². The zero-order valence-electron chi connectivity index (χ0n) is 36.0. The van der Waals surface area contributed by atoms with E-state index < -0.39 is 0 Å². The van der Waals surface area contributed by atoms with E-state index in [0.29, 0.717) is 0 Å². The zero-order chi connectivity index (χ0) is 42.7. The summed E-state index contributed by atoms with van der Waals surface area (Å²) in [5, 5.41) is 0. The van der Waals surface area contributed by atoms with Gasteiger partial charge < -0.3 is 0 Å². The van der Waals surface area contributed by atoms with Crippen molar-refractivity contribution >= 4 is 0 Å². The molecular weight excluding hydrogens is 785 g/mol. The molecule has 0 fully saturated rings. The molecule has 10 aromatic rings. The van der Waals surface area contributed by atoms with E-state index in [1.807, 2.05) is 0 Å². The van der Waals surface area contributed by atoms with E-state index in [1.165, 1.54) is 66.8 Å². The van der Waals surface area contributed by atoms with E-state index >= 15 is 0 Å². The van der Waals surface area contributed by atoms with Crippen molar-refractivity contribution in [2.75, 3.05) is 0 Å². The van der Waals surface area contributed by atoms with E-state index in [4.69, 9.17) is 0 Å². The van der Waals surface area contributed by atoms with Crippen molar-refractivity contribution in [2.45, 2.75) is 52.4 Å². The lowest BCUT2D eigenvalue weighted by Crippen LogP contribution is -2.31. The number of nitrogens with zero attached hydrogens (tertiary/aromatic N) is 8. The molecule has 0 N–H and O–H groups in total. The maximum atomic E-state index is 2.26. The molecule has 0 spiro atoms. The summed E-state index contributed by atoms with van der Waals surface area (Å²) < 4.78 is 18.0. The zero-order valence-corrected chi connectivity index (χ0v) is 36.0. The molecule has 8 nitrogen and oxygen atoms in total. The first-order chi connectivity index (χ1) is 31.5. The Labute approximate surface area is 374 Å². The van der Waals surface area contributed by atoms with Crippen LogP contribution in [0.1, 0.15) is 44.5 Å². The van der Waals surface area contributed by atoms with Crippen molar-refractivity contribution in [3.63, 3.8) is 0 Å². The molecule has 20 bridgehead atoms. The standard InChI is InChI=1S/C56H52N8/c1-2-46-4-3-45(1)33-57-25-29-61(41-57)37-49-9-17-53(18-10-49)55-21-13-51(14-22-55)39-63-31-27-59(43-63)35-47-5-7-48(8-6-47)36-60-28-32-64(44-60)40-52-15-23-56(24-16-52)54-19-11-50(12-20-54)38-62-30-26-58(34-46)42-62/h1-32,41-44H,33-40H2/q+4. The average Bonchev–Trinajstić information content (AvgIpc) is 4.16. The van der Waals surface area contributed by atoms with Crippen LogP contribution < -0.4 is 18.3 Å². The minimum atomic E-state index is 0.832. The van der Waals surface area contributed by atoms with Crippen LogP contribution in [0.2, 0.25) is 0 Å². The van der Waals surface area contributed by atoms with Gasteiger partial charge in [-0.05, 0) is 66.8 Å². The van der Waals surface area contributed by atoms with E-state index in [1.54, 1.807) is 0 Å². The molecule has 16 aliphatic rings. The normalized spacial score (nSPS) is 13.1. The highest BCUT2D eigenvalue weighted by molar-refractivity contribution is 5.64. The molecule has 0 saturated heterocycles. The third kappa shape index (κ3) is 9.32. The van der Waals surface area contributed by atoms with Gasteiger partial charge in [0.1, 0.15) is 102 Å². The van der Waals surface area contributed by atoms with Crippen molar-refractivity contribution in [2.24, 2.45) is 0 Å². The SMILES string of the molecule is c1cc2ccc1Cn1cc[n+](c1)Cc1ccc(cc1)-c1ccc(cc1)C[n+]1ccn(c1)Cc1ccc(cc1)Cn1cc[n+](c1)Cc1ccc(cc1)-c1ccc(cc1)C[n+]1ccn(c1)C2. The summed E-state index contributed by atoms with van der Waals surface area (Å²) in [4.78, 5) is 0. The van der Waals surface area contributed by atoms with Crippen LogP contribution in [0.15, 0.2) is 220 Å². The first-order valence-electron chi connectivity index (χ1n) is 22.3. The van der Waals surface area contributed by atoms with Gasteiger partial charge in [-0.2, -0.15) is 0 Å². The number of imidazole rings is 4. The number of benzene rings is 6. The predicted molar refractivity (Wildman–Crippen MR) is 248 cm³/mol. The Morgan fingerprint density at radius 2 is 0.422 bits per heavy atom. The summed E-state index contributed by atoms with van der Waals surface area (Å²) >= 11 is 0. The van der Waals surface area contributed by atoms with Crippen molar-refractivity contribution in [1.29, 1.82) is 0 Å². The van der Waals surface area contributed by atoms with Gasteiger partial charge in [0.2, 0.25) is 25.3 Å². The Morgan fingerprint density at radius 1 is 0.234 bits per heavy atom. The molecule has 16 aliphatic heterocycles. The van der Waals surface area contributed by atoms with Crippen LogP contribution in [0.25, 0.3) is 22.3 Å². The van der Waals surface area contributed by atoms with Crippen LogP contribution in [0, 0.1) is 0 Å². The molecule has 64 heavy (non-hydrogen) atoms. The lowest BCUT2D eigenvalue weighted by Gasteiger charge is -2.05. The molecule has 0 amide bonds. The molecule has 312 valence electrons. The number of hydrogen-bond acceptors (Lipinski definition) is 0. The van der Waals surface area contributed by atoms with Crippen molar-refractivity contribution in [3.05, 3.63) is 265 Å². The summed E-state index contributed by atoms with van der Waals surface area (Å²) in [6, 6.07) is 53.9. The van der Waals surface area contributed by atoms with Gasteiger partial charge in [-0.3, -0.25) is 0 Å². The van der Waals surface area contributed by atoms with Crippen molar-refractivity contribution in [3.8, 4) is 22.3 Å². The Bertz CT molecular complexity index is 2680. The van der Waals surface area contributed by atoms with E-state index in [0.717, 1.165) is 52.4 Å². The number of rotatable bonds is 0. The number of aromatic nitrogens is 8. The molecule has 0 atom stereocenters. The van der Waals surface area contributed by atoms with Gasteiger partial charge in [-0.15, -0.1) is 0 Å². The summed E-state index contributed by atoms with van der Waals surface area (Å²) in [6.07, 6.45) is 26.1. The molecule has 0 aliphatic carbocycles. The highest BCUT2D eigenvalue weighted by atomic mass is 15.1. The van der Waals surface area contributed by atoms with Gasteiger partial charge in [0, 0.05) is 0 Å². The van der Waals surface area contributed by atoms with Gasteiger partial charge in [0.15, 0.2) is 0 Å². The first kappa shape index (κ1) is 39.0. The Balaban J connectivity index is 0.799. The van der Waals surface area contributed by atoms with Crippen molar-refractivity contribution in [1.82, 2.24) is 18.3 Å². The summed E-state index contributed by atoms with van der Waals surface area (Å²) in [5.74, 6) is 0. The fourth-order valence-electron chi connectivity index (χ4n) is 8.90. The first-order valence-corrected chi connectivity index (χ1v) is 22.3. The molecule has 0 radical (unpaired) electrons. The van der Waals surface area contributed by atoms with Gasteiger partial charge in [-0.1, -0.05) is 146 Å². The molecule has 8 heteroatoms. The lowest BCUT2D eigenvalue weighted by atomic mass is 10.0. The Kier molecular flexibility index (Phi) is 10.7. The molecular formula is C56H52N8+4. The molecule has 0 saturated carbocycles. The fraction of sp³-hybridized carbons (Fsp3) is 0.143. The molecule has 20 heterocycles. The van der Waals surface area contributed by atoms with Gasteiger partial charge >= 0.3 is 0 Å². The van der Waals surface area contributed by atoms with E-state index in [9.17, 15) is 0 Å². The third-order valence-corrected chi connectivity index (χ3v) is 12.4. The minimum absolute atomic E-state index is 0.832. The summed E-state index contributed by atoms with van der Waals surface area (Å²) in [7, 11) is 0. The molecule has 26 rings (SSSR count). The fourth-order valence-corrected chi connectivity index (χ4v) is 8.90. The quantitative estimate of drug-likeness (QED) is 0.139. The van der Waals surface area contributed by atoms with Crippen LogP contribution in [-0.2, 0) is 52.4 Å². The van der Waals surface area contributed by atoms with Crippen LogP contribution in [-0.4, -0.2) is 18.3 Å². The highest BCUT2D eigenvalue weighted by Gasteiger charge is 2.12. The maximum Gasteiger partial charge on any atom is 0.244 e. The number of hydrogen-bond donors (Lipinski definition) is 0. The average molecular weight is 837 g/mol. The highest BCUT2D eigenvalue weighted by Crippen LogP contribution is 2.22. The van der Waals surface area contributed by atoms with Crippen LogP contribution in [0.5, 0.6) is 0 Å². The van der Waals surface area contributed by atoms with Crippen LogP contribution in [0.4, 0.5) is 0 Å². The van der Waals surface area contributed by atoms with Gasteiger partial charge in [-0.25, -0.2) is 36.5 Å². The van der Waals surface area contributed by atoms with Gasteiger partial charge in [0.05, 0.1) is 0 Å². The minimum Gasteiger partial charge on any atom is -0.233 e. The smallest absolute Gasteiger partial charge is 0.233 e. The molecule has 0 unspecified atom stereocenters. The molecule has 4 aromatic heterocycles. The Morgan fingerprint density at radius 3 is 0.625 bits per heavy atom. The summed E-state index contributed by atoms with van der Waals surface area (Å²) in [5.41, 5.74) is 15.2. The molecule has 6 aromatic carbocycles. The summed E-state index contributed by atoms with van der Waals surface area (Å²) in [6.45, 7) is 6.67. The van der Waals surface area contributed by atoms with Crippen LogP contribution >= 0.6 is 0 Å². The van der Waals surface area contributed by atoms with E-state index in [2.05, 4.69) is 257 Å². The van der Waals surface area contributed by atoms with Crippen LogP contribution in [0.3, 0.4) is 0 Å². The monoisotopic (exact) mass is 836 g/mol. The second-order valence-electron chi connectivity index (χ2n) is 17.5. The second kappa shape index (κ2) is 17.5. The van der Waals surface area contributed by atoms with E-state index in [-0.39, 0.29) is 0 Å². The lowest BCUT2D eigenvalue weighted by molar-refractivity contribution is -0.688. The second-order valence-corrected chi connectivity index (χ2v) is 17.5. The third-order valence-electron chi connectivity index (χ3n) is 12.4. The largest absolute Gasteiger partial charge is 0.244 e.